The number of carbonyl (C=O) groups is 1. The minimum Gasteiger partial charge on any atom is -0.478 e. The standard InChI is InChI=1S/C12H11N3O4S/c13-10-6-8(12(16)17)3-4-11(10)20(18,19)15-9-2-1-5-14-7-9/h1-7,15H,13H2,(H,16,17). The van der Waals surface area contributed by atoms with Crippen molar-refractivity contribution in [3.05, 3.63) is 48.3 Å². The van der Waals surface area contributed by atoms with Gasteiger partial charge in [-0.2, -0.15) is 0 Å². The van der Waals surface area contributed by atoms with Gasteiger partial charge >= 0.3 is 5.97 Å². The number of nitrogens with two attached hydrogens (primary N) is 1. The molecule has 0 saturated carbocycles. The lowest BCUT2D eigenvalue weighted by atomic mass is 10.2. The van der Waals surface area contributed by atoms with Crippen molar-refractivity contribution < 1.29 is 18.3 Å². The number of nitrogens with one attached hydrogen (secondary N) is 1. The summed E-state index contributed by atoms with van der Waals surface area (Å²) < 4.78 is 26.6. The van der Waals surface area contributed by atoms with E-state index in [1.165, 1.54) is 24.5 Å². The number of rotatable bonds is 4. The molecule has 0 unspecified atom stereocenters. The molecular weight excluding hydrogens is 282 g/mol. The zero-order chi connectivity index (χ0) is 14.8. The summed E-state index contributed by atoms with van der Waals surface area (Å²) in [6.45, 7) is 0. The summed E-state index contributed by atoms with van der Waals surface area (Å²) in [5.41, 5.74) is 5.67. The van der Waals surface area contributed by atoms with Crippen molar-refractivity contribution in [1.82, 2.24) is 4.98 Å². The van der Waals surface area contributed by atoms with E-state index >= 15 is 0 Å². The van der Waals surface area contributed by atoms with Crippen LogP contribution in [0.25, 0.3) is 0 Å². The number of anilines is 2. The molecule has 7 nitrogen and oxygen atoms in total. The molecular formula is C12H11N3O4S. The summed E-state index contributed by atoms with van der Waals surface area (Å²) >= 11 is 0. The van der Waals surface area contributed by atoms with Crippen molar-refractivity contribution in [3.8, 4) is 0 Å². The van der Waals surface area contributed by atoms with E-state index in [0.29, 0.717) is 0 Å². The molecule has 2 aromatic rings. The van der Waals surface area contributed by atoms with Gasteiger partial charge in [-0.05, 0) is 30.3 Å². The van der Waals surface area contributed by atoms with Crippen LogP contribution in [0, 0.1) is 0 Å². The number of aromatic carboxylic acids is 1. The summed E-state index contributed by atoms with van der Waals surface area (Å²) in [5.74, 6) is -1.18. The Bertz CT molecular complexity index is 745. The number of carboxylic acids is 1. The average Bonchev–Trinajstić information content (AvgIpc) is 2.38. The van der Waals surface area contributed by atoms with E-state index in [0.717, 1.165) is 12.1 Å². The van der Waals surface area contributed by atoms with Gasteiger partial charge in [-0.15, -0.1) is 0 Å². The number of benzene rings is 1. The molecule has 0 saturated heterocycles. The second-order valence-corrected chi connectivity index (χ2v) is 5.56. The first-order valence-electron chi connectivity index (χ1n) is 5.46. The summed E-state index contributed by atoms with van der Waals surface area (Å²) in [4.78, 5) is 14.4. The molecule has 104 valence electrons. The number of pyridine rings is 1. The lowest BCUT2D eigenvalue weighted by molar-refractivity contribution is 0.0697. The van der Waals surface area contributed by atoms with Crippen molar-refractivity contribution >= 4 is 27.4 Å². The maximum atomic E-state index is 12.1. The molecule has 8 heteroatoms. The molecule has 0 fully saturated rings. The fourth-order valence-corrected chi connectivity index (χ4v) is 2.72. The van der Waals surface area contributed by atoms with Gasteiger partial charge in [0.05, 0.1) is 23.1 Å². The second-order valence-electron chi connectivity index (χ2n) is 3.90. The van der Waals surface area contributed by atoms with E-state index in [1.807, 2.05) is 0 Å². The lowest BCUT2D eigenvalue weighted by Crippen LogP contribution is -2.15. The molecule has 0 radical (unpaired) electrons. The average molecular weight is 293 g/mol. The number of aromatic nitrogens is 1. The third-order valence-corrected chi connectivity index (χ3v) is 3.92. The smallest absolute Gasteiger partial charge is 0.335 e. The fourth-order valence-electron chi connectivity index (χ4n) is 1.56. The monoisotopic (exact) mass is 293 g/mol. The third-order valence-electron chi connectivity index (χ3n) is 2.46. The van der Waals surface area contributed by atoms with Gasteiger partial charge in [0.2, 0.25) is 0 Å². The number of carboxylic acid groups (broad SMARTS) is 1. The van der Waals surface area contributed by atoms with E-state index in [2.05, 4.69) is 9.71 Å². The zero-order valence-electron chi connectivity index (χ0n) is 10.1. The van der Waals surface area contributed by atoms with Gasteiger partial charge in [0.15, 0.2) is 0 Å². The van der Waals surface area contributed by atoms with Crippen LogP contribution in [0.15, 0.2) is 47.6 Å². The second kappa shape index (κ2) is 5.17. The predicted octanol–water partition coefficient (Wildman–Crippen LogP) is 1.16. The Hall–Kier alpha value is -2.61. The van der Waals surface area contributed by atoms with E-state index in [1.54, 1.807) is 6.07 Å². The summed E-state index contributed by atoms with van der Waals surface area (Å²) in [6.07, 6.45) is 2.85. The molecule has 0 aliphatic carbocycles. The molecule has 0 aliphatic heterocycles. The van der Waals surface area contributed by atoms with Crippen LogP contribution in [0.1, 0.15) is 10.4 Å². The van der Waals surface area contributed by atoms with Crippen LogP contribution >= 0.6 is 0 Å². The Balaban J connectivity index is 2.37. The Morgan fingerprint density at radius 3 is 2.60 bits per heavy atom. The molecule has 4 N–H and O–H groups in total. The Labute approximate surface area is 115 Å². The van der Waals surface area contributed by atoms with Gasteiger partial charge in [0.1, 0.15) is 4.90 Å². The first kappa shape index (κ1) is 13.8. The molecule has 1 aromatic heterocycles. The third kappa shape index (κ3) is 2.86. The van der Waals surface area contributed by atoms with Gasteiger partial charge in [-0.3, -0.25) is 9.71 Å². The molecule has 1 aromatic carbocycles. The molecule has 0 atom stereocenters. The summed E-state index contributed by atoms with van der Waals surface area (Å²) in [7, 11) is -3.89. The number of nitrogens with zero attached hydrogens (tertiary/aromatic N) is 1. The molecule has 0 spiro atoms. The van der Waals surface area contributed by atoms with Crippen molar-refractivity contribution in [3.63, 3.8) is 0 Å². The van der Waals surface area contributed by atoms with Crippen molar-refractivity contribution in [2.24, 2.45) is 0 Å². The Morgan fingerprint density at radius 1 is 1.30 bits per heavy atom. The minimum absolute atomic E-state index is 0.0807. The van der Waals surface area contributed by atoms with Crippen LogP contribution in [0.2, 0.25) is 0 Å². The first-order chi connectivity index (χ1) is 9.40. The molecule has 2 rings (SSSR count). The van der Waals surface area contributed by atoms with Crippen LogP contribution in [0.3, 0.4) is 0 Å². The lowest BCUT2D eigenvalue weighted by Gasteiger charge is -2.10. The van der Waals surface area contributed by atoms with Crippen LogP contribution in [-0.4, -0.2) is 24.5 Å². The van der Waals surface area contributed by atoms with Gasteiger partial charge in [0, 0.05) is 6.20 Å². The molecule has 0 bridgehead atoms. The highest BCUT2D eigenvalue weighted by Crippen LogP contribution is 2.22. The van der Waals surface area contributed by atoms with Crippen molar-refractivity contribution in [2.45, 2.75) is 4.90 Å². The van der Waals surface area contributed by atoms with Gasteiger partial charge in [-0.25, -0.2) is 13.2 Å². The summed E-state index contributed by atoms with van der Waals surface area (Å²) in [5, 5.41) is 8.81. The van der Waals surface area contributed by atoms with Gasteiger partial charge < -0.3 is 10.8 Å². The quantitative estimate of drug-likeness (QED) is 0.727. The van der Waals surface area contributed by atoms with E-state index in [9.17, 15) is 13.2 Å². The van der Waals surface area contributed by atoms with Crippen molar-refractivity contribution in [1.29, 1.82) is 0 Å². The normalized spacial score (nSPS) is 11.0. The van der Waals surface area contributed by atoms with Crippen LogP contribution in [0.4, 0.5) is 11.4 Å². The maximum Gasteiger partial charge on any atom is 0.335 e. The molecule has 1 heterocycles. The molecule has 20 heavy (non-hydrogen) atoms. The topological polar surface area (TPSA) is 122 Å². The number of nitrogen functional groups attached to an aromatic ring is 1. The number of sulfonamides is 1. The number of hydrogen-bond acceptors (Lipinski definition) is 5. The zero-order valence-corrected chi connectivity index (χ0v) is 11.0. The first-order valence-corrected chi connectivity index (χ1v) is 6.94. The maximum absolute atomic E-state index is 12.1. The minimum atomic E-state index is -3.89. The predicted molar refractivity (Wildman–Crippen MR) is 72.9 cm³/mol. The van der Waals surface area contributed by atoms with E-state index < -0.39 is 16.0 Å². The molecule has 0 amide bonds. The SMILES string of the molecule is Nc1cc(C(=O)O)ccc1S(=O)(=O)Nc1cccnc1. The Morgan fingerprint density at radius 2 is 2.05 bits per heavy atom. The van der Waals surface area contributed by atoms with Crippen molar-refractivity contribution in [2.75, 3.05) is 10.5 Å². The van der Waals surface area contributed by atoms with Gasteiger partial charge in [0.25, 0.3) is 10.0 Å². The van der Waals surface area contributed by atoms with Crippen LogP contribution in [-0.2, 0) is 10.0 Å². The van der Waals surface area contributed by atoms with Crippen LogP contribution in [0.5, 0.6) is 0 Å². The van der Waals surface area contributed by atoms with Gasteiger partial charge in [-0.1, -0.05) is 0 Å². The fraction of sp³-hybridized carbons (Fsp3) is 0. The molecule has 0 aliphatic rings. The number of hydrogen-bond donors (Lipinski definition) is 3. The van der Waals surface area contributed by atoms with Crippen LogP contribution < -0.4 is 10.5 Å². The Kier molecular flexibility index (Phi) is 3.57. The highest BCUT2D eigenvalue weighted by molar-refractivity contribution is 7.92. The summed E-state index contributed by atoms with van der Waals surface area (Å²) in [6, 6.07) is 6.54. The van der Waals surface area contributed by atoms with E-state index in [4.69, 9.17) is 10.8 Å². The van der Waals surface area contributed by atoms with E-state index in [-0.39, 0.29) is 21.8 Å². The largest absolute Gasteiger partial charge is 0.478 e. The highest BCUT2D eigenvalue weighted by atomic mass is 32.2. The highest BCUT2D eigenvalue weighted by Gasteiger charge is 2.19.